The third-order valence-corrected chi connectivity index (χ3v) is 18.9. The van der Waals surface area contributed by atoms with Gasteiger partial charge in [0, 0.05) is 60.6 Å². The first kappa shape index (κ1) is 47.1. The third kappa shape index (κ3) is 9.80. The van der Waals surface area contributed by atoms with E-state index in [9.17, 15) is 0 Å². The van der Waals surface area contributed by atoms with E-state index in [1.165, 1.54) is 63.1 Å². The van der Waals surface area contributed by atoms with Crippen LogP contribution in [0.4, 0.5) is 8.78 Å². The van der Waals surface area contributed by atoms with Crippen LogP contribution >= 0.6 is 57.1 Å². The second-order valence-corrected chi connectivity index (χ2v) is 23.1. The molecular weight excluding hydrogens is 915 g/mol. The fourth-order valence-electron chi connectivity index (χ4n) is 9.53. The molecule has 0 aliphatic rings. The van der Waals surface area contributed by atoms with Crippen LogP contribution in [0.25, 0.3) is 82.6 Å². The molecule has 6 heterocycles. The van der Waals surface area contributed by atoms with Gasteiger partial charge in [-0.25, -0.2) is 18.7 Å². The minimum Gasteiger partial charge on any atom is -0.249 e. The average Bonchev–Trinajstić information content (AvgIpc) is 4.16. The average molecular weight is 975 g/mol. The van der Waals surface area contributed by atoms with Gasteiger partial charge in [0.25, 0.3) is 0 Å². The number of benzene rings is 3. The lowest BCUT2D eigenvalue weighted by Gasteiger charge is -2.14. The van der Waals surface area contributed by atoms with Crippen LogP contribution in [0.15, 0.2) is 60.7 Å². The standard InChI is InChI=1S/C55H60F2N4S5/c1-7-12-15-33(10-4)18-20-35-22-24-37(39(56)26-35)42-28-44-46(62-42)30-48(64-44)50-52-53(59-41(17-14-9-3)32(6)58-52)51(55-54(50)60-66-61-55)49-31-47-45(65-49)29-43(63-47)38-25-23-36(27-40(38)57)21-19-34(11-5)16-13-8-2/h22-31,33-34H,7-21H2,1-6H3. The molecule has 3 aromatic carbocycles. The summed E-state index contributed by atoms with van der Waals surface area (Å²) in [7, 11) is 0. The third-order valence-electron chi connectivity index (χ3n) is 13.6. The van der Waals surface area contributed by atoms with Crippen molar-refractivity contribution in [3.05, 3.63) is 94.8 Å². The van der Waals surface area contributed by atoms with Gasteiger partial charge in [0.15, 0.2) is 0 Å². The highest BCUT2D eigenvalue weighted by molar-refractivity contribution is 7.31. The van der Waals surface area contributed by atoms with Crippen molar-refractivity contribution in [2.75, 3.05) is 0 Å². The van der Waals surface area contributed by atoms with Gasteiger partial charge in [0.05, 0.1) is 23.1 Å². The lowest BCUT2D eigenvalue weighted by Crippen LogP contribution is -2.02. The number of unbranched alkanes of at least 4 members (excludes halogenated alkanes) is 3. The van der Waals surface area contributed by atoms with E-state index >= 15 is 8.78 Å². The summed E-state index contributed by atoms with van der Waals surface area (Å²) in [5.74, 6) is 1.10. The number of aromatic nitrogens is 4. The van der Waals surface area contributed by atoms with Crippen LogP contribution in [0.2, 0.25) is 0 Å². The Morgan fingerprint density at radius 1 is 0.485 bits per heavy atom. The van der Waals surface area contributed by atoms with E-state index in [0.29, 0.717) is 23.0 Å². The van der Waals surface area contributed by atoms with E-state index in [-0.39, 0.29) is 11.6 Å². The van der Waals surface area contributed by atoms with Crippen LogP contribution in [-0.4, -0.2) is 18.7 Å². The molecule has 6 aromatic heterocycles. The molecule has 0 aliphatic heterocycles. The molecule has 0 amide bonds. The Balaban J connectivity index is 1.04. The molecular formula is C55H60F2N4S5. The van der Waals surface area contributed by atoms with Crippen molar-refractivity contribution in [3.63, 3.8) is 0 Å². The lowest BCUT2D eigenvalue weighted by molar-refractivity contribution is 0.421. The number of rotatable bonds is 21. The molecule has 0 spiro atoms. The Bertz CT molecular complexity index is 3050. The zero-order valence-corrected chi connectivity index (χ0v) is 43.2. The first-order chi connectivity index (χ1) is 32.2. The Labute approximate surface area is 408 Å². The summed E-state index contributed by atoms with van der Waals surface area (Å²) < 4.78 is 46.0. The van der Waals surface area contributed by atoms with E-state index in [4.69, 9.17) is 18.7 Å². The van der Waals surface area contributed by atoms with Crippen LogP contribution in [0, 0.1) is 30.4 Å². The number of fused-ring (bicyclic) bond motifs is 4. The Hall–Kier alpha value is -4.00. The molecule has 2 atom stereocenters. The molecule has 0 saturated carbocycles. The highest BCUT2D eigenvalue weighted by atomic mass is 32.1. The first-order valence-electron chi connectivity index (χ1n) is 24.3. The van der Waals surface area contributed by atoms with Crippen LogP contribution in [-0.2, 0) is 19.3 Å². The molecule has 9 aromatic rings. The summed E-state index contributed by atoms with van der Waals surface area (Å²) >= 11 is 7.89. The number of hydrogen-bond donors (Lipinski definition) is 0. The predicted molar refractivity (Wildman–Crippen MR) is 285 cm³/mol. The molecule has 0 radical (unpaired) electrons. The van der Waals surface area contributed by atoms with Crippen molar-refractivity contribution < 1.29 is 8.78 Å². The van der Waals surface area contributed by atoms with Gasteiger partial charge >= 0.3 is 0 Å². The zero-order chi connectivity index (χ0) is 45.9. The van der Waals surface area contributed by atoms with Crippen LogP contribution in [0.1, 0.15) is 134 Å². The minimum absolute atomic E-state index is 0.148. The SMILES string of the molecule is CCCCc1nc2c(-c3cc4sc(-c5ccc(CCC(CC)CCCC)cc5F)cc4s3)c3nsnc3c(-c3cc4sc(-c5ccc(CCC(CC)CCCC)cc5F)cc4s3)c2nc1C. The van der Waals surface area contributed by atoms with Gasteiger partial charge in [-0.05, 0) is 105 Å². The minimum atomic E-state index is -0.149. The molecule has 9 rings (SSSR count). The molecule has 0 N–H and O–H groups in total. The van der Waals surface area contributed by atoms with E-state index in [0.717, 1.165) is 139 Å². The topological polar surface area (TPSA) is 51.6 Å². The number of hydrogen-bond acceptors (Lipinski definition) is 9. The molecule has 0 fully saturated rings. The Morgan fingerprint density at radius 2 is 0.924 bits per heavy atom. The first-order valence-corrected chi connectivity index (χ1v) is 28.3. The predicted octanol–water partition coefficient (Wildman–Crippen LogP) is 19.1. The zero-order valence-electron chi connectivity index (χ0n) is 39.1. The lowest BCUT2D eigenvalue weighted by atomic mass is 9.92. The summed E-state index contributed by atoms with van der Waals surface area (Å²) in [6.45, 7) is 13.3. The van der Waals surface area contributed by atoms with Gasteiger partial charge in [-0.3, -0.25) is 0 Å². The highest BCUT2D eigenvalue weighted by Crippen LogP contribution is 2.50. The summed E-state index contributed by atoms with van der Waals surface area (Å²) in [6.07, 6.45) is 16.8. The maximum atomic E-state index is 15.8. The van der Waals surface area contributed by atoms with E-state index in [1.54, 1.807) is 57.5 Å². The maximum Gasteiger partial charge on any atom is 0.132 e. The van der Waals surface area contributed by atoms with Gasteiger partial charge in [0.1, 0.15) is 33.7 Å². The fourth-order valence-corrected chi connectivity index (χ4v) is 15.0. The van der Waals surface area contributed by atoms with Crippen molar-refractivity contribution in [1.82, 2.24) is 18.7 Å². The summed E-state index contributed by atoms with van der Waals surface area (Å²) in [5, 5.41) is 0. The number of halogens is 2. The second kappa shape index (κ2) is 21.1. The quantitative estimate of drug-likeness (QED) is 0.0720. The summed E-state index contributed by atoms with van der Waals surface area (Å²) in [4.78, 5) is 14.8. The van der Waals surface area contributed by atoms with Gasteiger partial charge in [-0.15, -0.1) is 45.3 Å². The van der Waals surface area contributed by atoms with Gasteiger partial charge < -0.3 is 0 Å². The second-order valence-electron chi connectivity index (χ2n) is 18.2. The van der Waals surface area contributed by atoms with E-state index in [2.05, 4.69) is 77.9 Å². The molecule has 0 saturated heterocycles. The molecule has 66 heavy (non-hydrogen) atoms. The Kier molecular flexibility index (Phi) is 15.1. The van der Waals surface area contributed by atoms with Gasteiger partial charge in [-0.1, -0.05) is 117 Å². The number of thiophene rings is 4. The van der Waals surface area contributed by atoms with Gasteiger partial charge in [-0.2, -0.15) is 8.75 Å². The van der Waals surface area contributed by atoms with Crippen molar-refractivity contribution in [2.24, 2.45) is 11.8 Å². The molecule has 2 unspecified atom stereocenters. The van der Waals surface area contributed by atoms with Crippen LogP contribution in [0.3, 0.4) is 0 Å². The van der Waals surface area contributed by atoms with Crippen molar-refractivity contribution in [1.29, 1.82) is 0 Å². The van der Waals surface area contributed by atoms with Gasteiger partial charge in [0.2, 0.25) is 0 Å². The highest BCUT2D eigenvalue weighted by Gasteiger charge is 2.27. The summed E-state index contributed by atoms with van der Waals surface area (Å²) in [6, 6.07) is 20.4. The van der Waals surface area contributed by atoms with E-state index in [1.807, 2.05) is 12.1 Å². The number of aryl methyl sites for hydroxylation is 4. The van der Waals surface area contributed by atoms with Crippen LogP contribution in [0.5, 0.6) is 0 Å². The van der Waals surface area contributed by atoms with Crippen molar-refractivity contribution >= 4 is 97.9 Å². The maximum absolute atomic E-state index is 15.8. The molecule has 4 nitrogen and oxygen atoms in total. The molecule has 11 heteroatoms. The largest absolute Gasteiger partial charge is 0.249 e. The molecule has 344 valence electrons. The summed E-state index contributed by atoms with van der Waals surface area (Å²) in [5.41, 5.74) is 10.7. The van der Waals surface area contributed by atoms with Crippen LogP contribution < -0.4 is 0 Å². The fraction of sp³-hybridized carbons (Fsp3) is 0.418. The van der Waals surface area contributed by atoms with E-state index < -0.39 is 0 Å². The van der Waals surface area contributed by atoms with Crippen molar-refractivity contribution in [3.8, 4) is 41.8 Å². The monoisotopic (exact) mass is 974 g/mol. The molecule has 0 aliphatic carbocycles. The number of nitrogens with zero attached hydrogens (tertiary/aromatic N) is 4. The normalized spacial score (nSPS) is 13.0. The Morgan fingerprint density at radius 3 is 1.36 bits per heavy atom. The molecule has 0 bridgehead atoms. The smallest absolute Gasteiger partial charge is 0.132 e. The van der Waals surface area contributed by atoms with Crippen molar-refractivity contribution in [2.45, 2.75) is 138 Å².